The van der Waals surface area contributed by atoms with Crippen molar-refractivity contribution < 1.29 is 15.0 Å². The average molecular weight is 391 g/mol. The highest BCUT2D eigenvalue weighted by Gasteiger charge is 2.37. The van der Waals surface area contributed by atoms with E-state index in [1.165, 1.54) is 17.6 Å². The minimum Gasteiger partial charge on any atom is -0.508 e. The molecule has 0 spiro atoms. The van der Waals surface area contributed by atoms with Gasteiger partial charge in [0.1, 0.15) is 5.75 Å². The Hall–Kier alpha value is -2.81. The molecule has 1 aliphatic carbocycles. The fraction of sp³-hybridized carbons (Fsp3) is 0.346. The maximum atomic E-state index is 10.8. The summed E-state index contributed by atoms with van der Waals surface area (Å²) in [7, 11) is 0. The lowest BCUT2D eigenvalue weighted by atomic mass is 9.62. The Morgan fingerprint density at radius 2 is 1.34 bits per heavy atom. The molecule has 29 heavy (non-hydrogen) atoms. The molecular weight excluding hydrogens is 360 g/mol. The second kappa shape index (κ2) is 7.90. The number of aromatic hydroxyl groups is 1. The lowest BCUT2D eigenvalue weighted by Crippen LogP contribution is -2.30. The van der Waals surface area contributed by atoms with Crippen LogP contribution in [0.3, 0.4) is 0 Å². The molecule has 2 aromatic rings. The van der Waals surface area contributed by atoms with Crippen LogP contribution in [-0.2, 0) is 4.79 Å². The summed E-state index contributed by atoms with van der Waals surface area (Å²) in [6, 6.07) is 15.5. The van der Waals surface area contributed by atoms with Crippen LogP contribution in [0.4, 0.5) is 0 Å². The van der Waals surface area contributed by atoms with Crippen molar-refractivity contribution in [3.05, 3.63) is 76.9 Å². The lowest BCUT2D eigenvalue weighted by Gasteiger charge is -2.43. The summed E-state index contributed by atoms with van der Waals surface area (Å²) in [6.45, 7) is 9.34. The highest BCUT2D eigenvalue weighted by atomic mass is 16.4. The molecule has 0 radical (unpaired) electrons. The molecule has 0 unspecified atom stereocenters. The van der Waals surface area contributed by atoms with Crippen LogP contribution in [0, 0.1) is 10.8 Å². The van der Waals surface area contributed by atoms with Crippen molar-refractivity contribution in [2.75, 3.05) is 0 Å². The second-order valence-corrected chi connectivity index (χ2v) is 9.68. The molecule has 2 aromatic carbocycles. The first-order chi connectivity index (χ1) is 13.5. The number of aliphatic carboxylic acids is 1. The summed E-state index contributed by atoms with van der Waals surface area (Å²) in [5, 5.41) is 18.6. The topological polar surface area (TPSA) is 57.5 Å². The summed E-state index contributed by atoms with van der Waals surface area (Å²) in [6.07, 6.45) is 6.01. The molecule has 0 saturated heterocycles. The molecule has 0 amide bonds. The molecular formula is C26H30O3. The average Bonchev–Trinajstić information content (AvgIpc) is 2.60. The second-order valence-electron chi connectivity index (χ2n) is 9.68. The standard InChI is InChI=1S/C26H30O3/c1-25(2)15-21(16-26(3,4)17-25)24(20-10-12-22(27)13-11-20)19-8-5-18(6-9-19)7-14-23(28)29/h5-14,27H,15-17H2,1-4H3,(H,28,29). The number of carboxylic acids is 1. The van der Waals surface area contributed by atoms with Gasteiger partial charge in [-0.05, 0) is 70.6 Å². The normalized spacial score (nSPS) is 18.0. The third-order valence-electron chi connectivity index (χ3n) is 5.47. The maximum Gasteiger partial charge on any atom is 0.328 e. The van der Waals surface area contributed by atoms with Gasteiger partial charge in [-0.1, -0.05) is 69.7 Å². The van der Waals surface area contributed by atoms with Crippen LogP contribution >= 0.6 is 0 Å². The number of phenolic OH excluding ortho intramolecular Hbond substituents is 1. The highest BCUT2D eigenvalue weighted by Crippen LogP contribution is 2.50. The van der Waals surface area contributed by atoms with Crippen molar-refractivity contribution >= 4 is 17.6 Å². The SMILES string of the molecule is CC1(C)CC(=C(c2ccc(O)cc2)c2ccc(C=CC(=O)O)cc2)CC(C)(C)C1. The van der Waals surface area contributed by atoms with Gasteiger partial charge in [0.05, 0.1) is 0 Å². The predicted molar refractivity (Wildman–Crippen MR) is 119 cm³/mol. The number of rotatable bonds is 4. The number of benzene rings is 2. The third-order valence-corrected chi connectivity index (χ3v) is 5.47. The van der Waals surface area contributed by atoms with Crippen molar-refractivity contribution in [2.24, 2.45) is 10.8 Å². The largest absolute Gasteiger partial charge is 0.508 e. The summed E-state index contributed by atoms with van der Waals surface area (Å²) in [5.41, 5.74) is 6.18. The van der Waals surface area contributed by atoms with Gasteiger partial charge in [-0.15, -0.1) is 0 Å². The fourth-order valence-electron chi connectivity index (χ4n) is 4.95. The Kier molecular flexibility index (Phi) is 5.70. The molecule has 0 aromatic heterocycles. The van der Waals surface area contributed by atoms with Crippen LogP contribution in [0.15, 0.2) is 60.2 Å². The van der Waals surface area contributed by atoms with Gasteiger partial charge in [0.2, 0.25) is 0 Å². The minimum absolute atomic E-state index is 0.226. The molecule has 2 N–H and O–H groups in total. The van der Waals surface area contributed by atoms with E-state index in [0.717, 1.165) is 35.6 Å². The van der Waals surface area contributed by atoms with Crippen LogP contribution in [0.25, 0.3) is 11.6 Å². The van der Waals surface area contributed by atoms with Crippen molar-refractivity contribution in [3.63, 3.8) is 0 Å². The molecule has 3 heteroatoms. The molecule has 152 valence electrons. The third kappa shape index (κ3) is 5.38. The molecule has 0 aliphatic heterocycles. The Balaban J connectivity index is 2.11. The van der Waals surface area contributed by atoms with Gasteiger partial charge in [0.25, 0.3) is 0 Å². The number of carboxylic acid groups (broad SMARTS) is 1. The Morgan fingerprint density at radius 1 is 0.862 bits per heavy atom. The number of hydrogen-bond donors (Lipinski definition) is 2. The Labute approximate surface area is 173 Å². The molecule has 1 saturated carbocycles. The van der Waals surface area contributed by atoms with E-state index in [1.54, 1.807) is 18.2 Å². The van der Waals surface area contributed by atoms with Crippen molar-refractivity contribution in [3.8, 4) is 5.75 Å². The van der Waals surface area contributed by atoms with Gasteiger partial charge in [-0.25, -0.2) is 4.79 Å². The molecule has 1 aliphatic rings. The zero-order valence-corrected chi connectivity index (χ0v) is 17.7. The van der Waals surface area contributed by atoms with E-state index in [9.17, 15) is 9.90 Å². The number of hydrogen-bond acceptors (Lipinski definition) is 2. The van der Waals surface area contributed by atoms with Crippen molar-refractivity contribution in [1.82, 2.24) is 0 Å². The summed E-state index contributed by atoms with van der Waals surface area (Å²) in [5.74, 6) is -0.691. The molecule has 0 heterocycles. The molecule has 3 rings (SSSR count). The van der Waals surface area contributed by atoms with E-state index in [2.05, 4.69) is 39.8 Å². The maximum absolute atomic E-state index is 10.8. The van der Waals surface area contributed by atoms with Gasteiger partial charge in [-0.2, -0.15) is 0 Å². The van der Waals surface area contributed by atoms with E-state index >= 15 is 0 Å². The summed E-state index contributed by atoms with van der Waals surface area (Å²) >= 11 is 0. The van der Waals surface area contributed by atoms with Gasteiger partial charge < -0.3 is 10.2 Å². The van der Waals surface area contributed by atoms with Crippen LogP contribution in [0.5, 0.6) is 5.75 Å². The zero-order valence-electron chi connectivity index (χ0n) is 17.7. The number of phenols is 1. The predicted octanol–water partition coefficient (Wildman–Crippen LogP) is 6.53. The summed E-state index contributed by atoms with van der Waals surface area (Å²) < 4.78 is 0. The Bertz CT molecular complexity index is 924. The number of allylic oxidation sites excluding steroid dienone is 1. The van der Waals surface area contributed by atoms with Crippen molar-refractivity contribution in [1.29, 1.82) is 0 Å². The molecule has 0 bridgehead atoms. The first-order valence-electron chi connectivity index (χ1n) is 10.1. The minimum atomic E-state index is -0.951. The van der Waals surface area contributed by atoms with E-state index in [4.69, 9.17) is 5.11 Å². The lowest BCUT2D eigenvalue weighted by molar-refractivity contribution is -0.131. The molecule has 3 nitrogen and oxygen atoms in total. The molecule has 0 atom stereocenters. The van der Waals surface area contributed by atoms with Crippen LogP contribution in [-0.4, -0.2) is 16.2 Å². The van der Waals surface area contributed by atoms with Crippen molar-refractivity contribution in [2.45, 2.75) is 47.0 Å². The van der Waals surface area contributed by atoms with Crippen LogP contribution < -0.4 is 0 Å². The van der Waals surface area contributed by atoms with Crippen LogP contribution in [0.1, 0.15) is 63.6 Å². The van der Waals surface area contributed by atoms with Crippen LogP contribution in [0.2, 0.25) is 0 Å². The highest BCUT2D eigenvalue weighted by molar-refractivity contribution is 5.86. The zero-order chi connectivity index (χ0) is 21.2. The summed E-state index contributed by atoms with van der Waals surface area (Å²) in [4.78, 5) is 10.8. The number of carbonyl (C=O) groups is 1. The van der Waals surface area contributed by atoms with Gasteiger partial charge in [0, 0.05) is 6.08 Å². The van der Waals surface area contributed by atoms with E-state index in [0.29, 0.717) is 0 Å². The molecule has 1 fully saturated rings. The van der Waals surface area contributed by atoms with Gasteiger partial charge in [0.15, 0.2) is 0 Å². The quantitative estimate of drug-likeness (QED) is 0.584. The first-order valence-corrected chi connectivity index (χ1v) is 10.1. The fourth-order valence-corrected chi connectivity index (χ4v) is 4.95. The smallest absolute Gasteiger partial charge is 0.328 e. The van der Waals surface area contributed by atoms with E-state index < -0.39 is 5.97 Å². The first kappa shape index (κ1) is 20.9. The van der Waals surface area contributed by atoms with E-state index in [-0.39, 0.29) is 16.6 Å². The van der Waals surface area contributed by atoms with E-state index in [1.807, 2.05) is 24.3 Å². The Morgan fingerprint density at radius 3 is 1.83 bits per heavy atom. The van der Waals surface area contributed by atoms with Gasteiger partial charge in [-0.3, -0.25) is 0 Å². The monoisotopic (exact) mass is 390 g/mol. The van der Waals surface area contributed by atoms with Gasteiger partial charge >= 0.3 is 5.97 Å².